The molecule has 0 aromatic heterocycles. The van der Waals surface area contributed by atoms with Crippen molar-refractivity contribution in [3.05, 3.63) is 10.4 Å². The van der Waals surface area contributed by atoms with Crippen molar-refractivity contribution in [1.82, 2.24) is 5.32 Å². The van der Waals surface area contributed by atoms with Crippen molar-refractivity contribution in [2.75, 3.05) is 0 Å². The summed E-state index contributed by atoms with van der Waals surface area (Å²) in [6.45, 7) is 0. The molecular formula is C7H12N4O4. The van der Waals surface area contributed by atoms with Crippen LogP contribution in [-0.4, -0.2) is 45.7 Å². The molecule has 0 saturated heterocycles. The summed E-state index contributed by atoms with van der Waals surface area (Å²) < 4.78 is 0. The van der Waals surface area contributed by atoms with E-state index in [0.717, 1.165) is 0 Å². The van der Waals surface area contributed by atoms with Gasteiger partial charge in [0.2, 0.25) is 0 Å². The lowest BCUT2D eigenvalue weighted by atomic mass is 9.87. The van der Waals surface area contributed by atoms with Gasteiger partial charge < -0.3 is 20.6 Å². The van der Waals surface area contributed by atoms with Crippen LogP contribution in [0.5, 0.6) is 0 Å². The molecule has 1 aliphatic rings. The molecular weight excluding hydrogens is 204 g/mol. The van der Waals surface area contributed by atoms with Crippen LogP contribution in [0.3, 0.4) is 0 Å². The third kappa shape index (κ3) is 2.98. The van der Waals surface area contributed by atoms with E-state index < -0.39 is 30.4 Å². The second-order valence-corrected chi connectivity index (χ2v) is 3.43. The molecule has 4 atom stereocenters. The first-order valence-electron chi connectivity index (χ1n) is 4.44. The first-order chi connectivity index (χ1) is 7.04. The molecule has 8 nitrogen and oxygen atoms in total. The lowest BCUT2D eigenvalue weighted by Crippen LogP contribution is -2.52. The minimum absolute atomic E-state index is 0.0388. The lowest BCUT2D eigenvalue weighted by molar-refractivity contribution is 0.0128. The fourth-order valence-corrected chi connectivity index (χ4v) is 1.65. The molecule has 4 unspecified atom stereocenters. The Morgan fingerprint density at radius 1 is 1.40 bits per heavy atom. The quantitative estimate of drug-likeness (QED) is 0.288. The van der Waals surface area contributed by atoms with Crippen LogP contribution in [0, 0.1) is 0 Å². The summed E-state index contributed by atoms with van der Waals surface area (Å²) in [6.07, 6.45) is -3.04. The van der Waals surface area contributed by atoms with E-state index in [4.69, 9.17) is 10.6 Å². The van der Waals surface area contributed by atoms with E-state index in [0.29, 0.717) is 0 Å². The van der Waals surface area contributed by atoms with Gasteiger partial charge in [-0.15, -0.1) is 0 Å². The number of amides is 1. The van der Waals surface area contributed by atoms with Gasteiger partial charge in [-0.2, -0.15) is 0 Å². The van der Waals surface area contributed by atoms with Crippen LogP contribution < -0.4 is 5.32 Å². The molecule has 4 N–H and O–H groups in total. The van der Waals surface area contributed by atoms with Crippen LogP contribution in [0.25, 0.3) is 10.4 Å². The van der Waals surface area contributed by atoms with Crippen LogP contribution in [-0.2, 0) is 0 Å². The maximum absolute atomic E-state index is 10.3. The topological polar surface area (TPSA) is 139 Å². The molecule has 1 aliphatic carbocycles. The van der Waals surface area contributed by atoms with Crippen LogP contribution in [0.15, 0.2) is 5.11 Å². The van der Waals surface area contributed by atoms with Crippen molar-refractivity contribution in [2.24, 2.45) is 5.11 Å². The molecule has 15 heavy (non-hydrogen) atoms. The van der Waals surface area contributed by atoms with Crippen molar-refractivity contribution in [3.63, 3.8) is 0 Å². The molecule has 0 bridgehead atoms. The van der Waals surface area contributed by atoms with Crippen LogP contribution in [0.4, 0.5) is 4.79 Å². The molecule has 0 aromatic carbocycles. The normalized spacial score (nSPS) is 35.3. The maximum Gasteiger partial charge on any atom is 0.404 e. The summed E-state index contributed by atoms with van der Waals surface area (Å²) in [5.74, 6) is 0. The van der Waals surface area contributed by atoms with Gasteiger partial charge in [0.15, 0.2) is 0 Å². The van der Waals surface area contributed by atoms with Crippen molar-refractivity contribution < 1.29 is 20.1 Å². The fraction of sp³-hybridized carbons (Fsp3) is 0.857. The van der Waals surface area contributed by atoms with Gasteiger partial charge in [0.25, 0.3) is 0 Å². The average molecular weight is 216 g/mol. The monoisotopic (exact) mass is 216 g/mol. The molecule has 0 aromatic rings. The van der Waals surface area contributed by atoms with Crippen molar-refractivity contribution >= 4 is 6.09 Å². The predicted octanol–water partition coefficient (Wildman–Crippen LogP) is -0.183. The van der Waals surface area contributed by atoms with E-state index in [1.807, 2.05) is 0 Å². The highest BCUT2D eigenvalue weighted by molar-refractivity contribution is 5.65. The number of azide groups is 1. The van der Waals surface area contributed by atoms with Crippen molar-refractivity contribution in [3.8, 4) is 0 Å². The highest BCUT2D eigenvalue weighted by Crippen LogP contribution is 2.22. The molecule has 1 rings (SSSR count). The number of rotatable bonds is 2. The third-order valence-electron chi connectivity index (χ3n) is 2.40. The second kappa shape index (κ2) is 4.83. The number of carboxylic acid groups (broad SMARTS) is 1. The highest BCUT2D eigenvalue weighted by Gasteiger charge is 2.35. The Morgan fingerprint density at radius 2 is 2.07 bits per heavy atom. The van der Waals surface area contributed by atoms with Gasteiger partial charge >= 0.3 is 6.09 Å². The first-order valence-corrected chi connectivity index (χ1v) is 4.44. The van der Waals surface area contributed by atoms with Gasteiger partial charge in [-0.1, -0.05) is 5.11 Å². The van der Waals surface area contributed by atoms with Gasteiger partial charge in [0.05, 0.1) is 24.3 Å². The van der Waals surface area contributed by atoms with Gasteiger partial charge in [0.1, 0.15) is 0 Å². The Morgan fingerprint density at radius 3 is 2.60 bits per heavy atom. The number of hydrogen-bond donors (Lipinski definition) is 4. The fourth-order valence-electron chi connectivity index (χ4n) is 1.65. The Kier molecular flexibility index (Phi) is 3.73. The Bertz CT molecular complexity index is 291. The molecule has 1 amide bonds. The third-order valence-corrected chi connectivity index (χ3v) is 2.40. The number of nitrogens with one attached hydrogen (secondary N) is 1. The number of nitrogens with zero attached hydrogens (tertiary/aromatic N) is 3. The molecule has 0 heterocycles. The molecule has 1 fully saturated rings. The van der Waals surface area contributed by atoms with Crippen molar-refractivity contribution in [2.45, 2.75) is 37.1 Å². The summed E-state index contributed by atoms with van der Waals surface area (Å²) in [6, 6.07) is -1.42. The Balaban J connectivity index is 2.61. The number of hydrogen-bond acceptors (Lipinski definition) is 4. The smallest absolute Gasteiger partial charge is 0.404 e. The molecule has 84 valence electrons. The Labute approximate surface area is 85.2 Å². The largest absolute Gasteiger partial charge is 0.465 e. The van der Waals surface area contributed by atoms with Gasteiger partial charge in [-0.3, -0.25) is 0 Å². The van der Waals surface area contributed by atoms with E-state index in [-0.39, 0.29) is 12.8 Å². The number of aliphatic hydroxyl groups excluding tert-OH is 2. The number of aliphatic hydroxyl groups is 2. The summed E-state index contributed by atoms with van der Waals surface area (Å²) in [4.78, 5) is 12.9. The molecule has 0 spiro atoms. The molecule has 8 heteroatoms. The predicted molar refractivity (Wildman–Crippen MR) is 49.1 cm³/mol. The zero-order valence-electron chi connectivity index (χ0n) is 7.82. The molecule has 0 aliphatic heterocycles. The Hall–Kier alpha value is -1.50. The minimum atomic E-state index is -1.26. The van der Waals surface area contributed by atoms with E-state index in [1.54, 1.807) is 0 Å². The van der Waals surface area contributed by atoms with Crippen LogP contribution >= 0.6 is 0 Å². The molecule has 0 radical (unpaired) electrons. The maximum atomic E-state index is 10.3. The van der Waals surface area contributed by atoms with Crippen LogP contribution in [0.2, 0.25) is 0 Å². The van der Waals surface area contributed by atoms with Crippen LogP contribution in [0.1, 0.15) is 12.8 Å². The average Bonchev–Trinajstić information content (AvgIpc) is 2.13. The zero-order valence-corrected chi connectivity index (χ0v) is 7.82. The van der Waals surface area contributed by atoms with Gasteiger partial charge in [-0.05, 0) is 18.4 Å². The van der Waals surface area contributed by atoms with Gasteiger partial charge in [0, 0.05) is 4.91 Å². The summed E-state index contributed by atoms with van der Waals surface area (Å²) in [7, 11) is 0. The summed E-state index contributed by atoms with van der Waals surface area (Å²) >= 11 is 0. The lowest BCUT2D eigenvalue weighted by Gasteiger charge is -2.34. The molecule has 1 saturated carbocycles. The summed E-state index contributed by atoms with van der Waals surface area (Å²) in [5, 5.41) is 32.9. The highest BCUT2D eigenvalue weighted by atomic mass is 16.4. The number of carbonyl (C=O) groups is 1. The van der Waals surface area contributed by atoms with E-state index in [1.165, 1.54) is 0 Å². The van der Waals surface area contributed by atoms with E-state index in [2.05, 4.69) is 15.3 Å². The minimum Gasteiger partial charge on any atom is -0.465 e. The zero-order chi connectivity index (χ0) is 11.4. The summed E-state index contributed by atoms with van der Waals surface area (Å²) in [5.41, 5.74) is 8.19. The van der Waals surface area contributed by atoms with E-state index in [9.17, 15) is 15.0 Å². The second-order valence-electron chi connectivity index (χ2n) is 3.43. The van der Waals surface area contributed by atoms with E-state index >= 15 is 0 Å². The standard InChI is InChI=1S/C7H12N4O4/c8-11-10-4-2-5(12)3(1-6(4)13)9-7(14)15/h3-6,9,12-13H,1-2H2,(H,14,15). The SMILES string of the molecule is [N-]=[N+]=NC1CC(O)C(NC(=O)O)CC1O. The first kappa shape index (κ1) is 11.6. The van der Waals surface area contributed by atoms with Crippen molar-refractivity contribution in [1.29, 1.82) is 0 Å². The van der Waals surface area contributed by atoms with Gasteiger partial charge in [-0.25, -0.2) is 4.79 Å².